The fraction of sp³-hybridized carbons (Fsp3) is 0.600. The van der Waals surface area contributed by atoms with E-state index in [1.165, 1.54) is 0 Å². The van der Waals surface area contributed by atoms with Gasteiger partial charge in [0.2, 0.25) is 10.0 Å². The number of anilines is 1. The molecule has 0 atom stereocenters. The van der Waals surface area contributed by atoms with Crippen LogP contribution in [0.5, 0.6) is 0 Å². The quantitative estimate of drug-likeness (QED) is 0.424. The van der Waals surface area contributed by atoms with Gasteiger partial charge >= 0.3 is 0 Å². The summed E-state index contributed by atoms with van der Waals surface area (Å²) in [4.78, 5) is 8.98. The Hall–Kier alpha value is -2.15. The molecule has 3 N–H and O–H groups in total. The second-order valence-electron chi connectivity index (χ2n) is 6.87. The lowest BCUT2D eigenvalue weighted by molar-refractivity contribution is 0.131. The van der Waals surface area contributed by atoms with Crippen LogP contribution in [0.4, 0.5) is 5.82 Å². The molecule has 2 heterocycles. The minimum absolute atomic E-state index is 0.246. The number of hydrogen-bond acceptors (Lipinski definition) is 6. The molecule has 9 heteroatoms. The zero-order valence-corrected chi connectivity index (χ0v) is 18.3. The van der Waals surface area contributed by atoms with Crippen LogP contribution in [-0.4, -0.2) is 49.0 Å². The highest BCUT2D eigenvalue weighted by atomic mass is 32.2. The molecule has 0 aliphatic carbocycles. The van der Waals surface area contributed by atoms with E-state index >= 15 is 0 Å². The number of ether oxygens (including phenoxy) is 1. The van der Waals surface area contributed by atoms with Crippen LogP contribution in [0.15, 0.2) is 6.20 Å². The molecule has 0 bridgehead atoms. The number of hydrogen-bond donors (Lipinski definition) is 2. The van der Waals surface area contributed by atoms with Crippen molar-refractivity contribution in [2.75, 3.05) is 31.7 Å². The Morgan fingerprint density at radius 1 is 1.28 bits per heavy atom. The topological polar surface area (TPSA) is 112 Å². The van der Waals surface area contributed by atoms with Crippen LogP contribution >= 0.6 is 0 Å². The molecule has 0 fully saturated rings. The summed E-state index contributed by atoms with van der Waals surface area (Å²) in [5, 5.41) is 0. The van der Waals surface area contributed by atoms with Gasteiger partial charge in [-0.1, -0.05) is 32.1 Å². The molecular weight excluding hydrogens is 390 g/mol. The van der Waals surface area contributed by atoms with Gasteiger partial charge in [0.05, 0.1) is 30.5 Å². The number of imidazole rings is 1. The van der Waals surface area contributed by atoms with Crippen molar-refractivity contribution in [3.63, 3.8) is 0 Å². The molecule has 160 valence electrons. The molecule has 0 radical (unpaired) electrons. The van der Waals surface area contributed by atoms with Gasteiger partial charge in [-0.3, -0.25) is 0 Å². The third kappa shape index (κ3) is 6.99. The van der Waals surface area contributed by atoms with Gasteiger partial charge < -0.3 is 15.0 Å². The van der Waals surface area contributed by atoms with Gasteiger partial charge in [0.25, 0.3) is 0 Å². The molecule has 29 heavy (non-hydrogen) atoms. The summed E-state index contributed by atoms with van der Waals surface area (Å²) in [7, 11) is -3.20. The number of nitrogens with one attached hydrogen (secondary N) is 1. The number of nitrogen functional groups attached to an aromatic ring is 1. The van der Waals surface area contributed by atoms with Crippen molar-refractivity contribution in [2.45, 2.75) is 52.5 Å². The van der Waals surface area contributed by atoms with Gasteiger partial charge in [-0.25, -0.2) is 23.1 Å². The van der Waals surface area contributed by atoms with E-state index in [1.807, 2.05) is 0 Å². The van der Waals surface area contributed by atoms with Crippen LogP contribution in [0, 0.1) is 11.8 Å². The first-order chi connectivity index (χ1) is 13.9. The van der Waals surface area contributed by atoms with E-state index < -0.39 is 10.0 Å². The summed E-state index contributed by atoms with van der Waals surface area (Å²) >= 11 is 0. The first-order valence-electron chi connectivity index (χ1n) is 10.0. The lowest BCUT2D eigenvalue weighted by atomic mass is 10.2. The number of nitrogens with zero attached hydrogens (tertiary/aromatic N) is 3. The summed E-state index contributed by atoms with van der Waals surface area (Å²) < 4.78 is 32.3. The first-order valence-corrected chi connectivity index (χ1v) is 11.9. The average molecular weight is 422 g/mol. The van der Waals surface area contributed by atoms with Crippen molar-refractivity contribution in [1.29, 1.82) is 0 Å². The van der Waals surface area contributed by atoms with E-state index in [-0.39, 0.29) is 6.54 Å². The van der Waals surface area contributed by atoms with Crippen molar-refractivity contribution in [1.82, 2.24) is 19.3 Å². The zero-order chi connectivity index (χ0) is 21.3. The Morgan fingerprint density at radius 3 is 2.76 bits per heavy atom. The van der Waals surface area contributed by atoms with Gasteiger partial charge in [0.1, 0.15) is 11.3 Å². The van der Waals surface area contributed by atoms with Crippen LogP contribution in [0.2, 0.25) is 0 Å². The Kier molecular flexibility index (Phi) is 8.89. The number of pyridine rings is 1. The number of aromatic nitrogens is 3. The fourth-order valence-corrected chi connectivity index (χ4v) is 3.39. The Labute approximate surface area is 173 Å². The third-order valence-corrected chi connectivity index (χ3v) is 5.03. The average Bonchev–Trinajstić information content (AvgIpc) is 3.02. The molecule has 0 unspecified atom stereocenters. The number of nitrogens with two attached hydrogens (primary N) is 1. The number of rotatable bonds is 11. The summed E-state index contributed by atoms with van der Waals surface area (Å²) in [6, 6.07) is 0. The molecule has 0 aromatic carbocycles. The van der Waals surface area contributed by atoms with E-state index in [2.05, 4.69) is 40.0 Å². The minimum atomic E-state index is -3.20. The van der Waals surface area contributed by atoms with Crippen molar-refractivity contribution in [3.8, 4) is 11.8 Å². The van der Waals surface area contributed by atoms with Gasteiger partial charge in [-0.15, -0.1) is 0 Å². The molecule has 8 nitrogen and oxygen atoms in total. The van der Waals surface area contributed by atoms with E-state index in [0.717, 1.165) is 55.3 Å². The van der Waals surface area contributed by atoms with E-state index in [0.29, 0.717) is 31.1 Å². The SMILES string of the molecule is CCCCC#Cc1cnc(N)c2nc(CCC)n(CCOCCNS(C)(=O)=O)c12. The molecular formula is C20H31N5O3S. The van der Waals surface area contributed by atoms with E-state index in [9.17, 15) is 8.42 Å². The molecule has 0 aliphatic rings. The molecule has 2 rings (SSSR count). The summed E-state index contributed by atoms with van der Waals surface area (Å²) in [5.74, 6) is 7.76. The first kappa shape index (κ1) is 23.1. The zero-order valence-electron chi connectivity index (χ0n) is 17.5. The third-order valence-electron chi connectivity index (χ3n) is 4.30. The second-order valence-corrected chi connectivity index (χ2v) is 8.70. The second kappa shape index (κ2) is 11.1. The number of unbranched alkanes of at least 4 members (excludes halogenated alkanes) is 2. The predicted molar refractivity (Wildman–Crippen MR) is 116 cm³/mol. The van der Waals surface area contributed by atoms with Gasteiger partial charge in [0.15, 0.2) is 5.82 Å². The highest BCUT2D eigenvalue weighted by molar-refractivity contribution is 7.88. The van der Waals surface area contributed by atoms with Crippen LogP contribution in [0.3, 0.4) is 0 Å². The Morgan fingerprint density at radius 2 is 2.07 bits per heavy atom. The largest absolute Gasteiger partial charge is 0.382 e. The summed E-state index contributed by atoms with van der Waals surface area (Å²) in [6.07, 6.45) is 7.61. The summed E-state index contributed by atoms with van der Waals surface area (Å²) in [6.45, 7) is 5.80. The maximum absolute atomic E-state index is 11.1. The fourth-order valence-electron chi connectivity index (χ4n) is 2.93. The van der Waals surface area contributed by atoms with Crippen LogP contribution < -0.4 is 10.5 Å². The molecule has 0 aliphatic heterocycles. The maximum atomic E-state index is 11.1. The van der Waals surface area contributed by atoms with E-state index in [4.69, 9.17) is 15.5 Å². The monoisotopic (exact) mass is 421 g/mol. The maximum Gasteiger partial charge on any atom is 0.208 e. The Balaban J connectivity index is 2.22. The summed E-state index contributed by atoms with van der Waals surface area (Å²) in [5.41, 5.74) is 8.47. The smallest absolute Gasteiger partial charge is 0.208 e. The minimum Gasteiger partial charge on any atom is -0.382 e. The number of fused-ring (bicyclic) bond motifs is 1. The van der Waals surface area contributed by atoms with Crippen molar-refractivity contribution >= 4 is 26.9 Å². The van der Waals surface area contributed by atoms with Crippen LogP contribution in [0.25, 0.3) is 11.0 Å². The highest BCUT2D eigenvalue weighted by Gasteiger charge is 2.16. The van der Waals surface area contributed by atoms with Crippen LogP contribution in [0.1, 0.15) is 50.9 Å². The number of aryl methyl sites for hydroxylation is 1. The lowest BCUT2D eigenvalue weighted by Gasteiger charge is -2.11. The standard InChI is InChI=1S/C20H31N5O3S/c1-4-6-7-8-10-16-15-22-20(21)18-19(16)25(17(24-18)9-5-2)12-14-28-13-11-23-29(3,26)27/h15,23H,4-7,9,11-14H2,1-3H3,(H2,21,22). The van der Waals surface area contributed by atoms with Crippen molar-refractivity contribution < 1.29 is 13.2 Å². The van der Waals surface area contributed by atoms with Gasteiger partial charge in [-0.05, 0) is 12.8 Å². The molecule has 0 amide bonds. The van der Waals surface area contributed by atoms with Crippen molar-refractivity contribution in [3.05, 3.63) is 17.6 Å². The Bertz CT molecular complexity index is 973. The molecule has 0 spiro atoms. The normalized spacial score (nSPS) is 11.6. The van der Waals surface area contributed by atoms with Crippen molar-refractivity contribution in [2.24, 2.45) is 0 Å². The van der Waals surface area contributed by atoms with Crippen LogP contribution in [-0.2, 0) is 27.7 Å². The molecule has 0 saturated carbocycles. The predicted octanol–water partition coefficient (Wildman–Crippen LogP) is 2.07. The highest BCUT2D eigenvalue weighted by Crippen LogP contribution is 2.24. The van der Waals surface area contributed by atoms with E-state index in [1.54, 1.807) is 6.20 Å². The van der Waals surface area contributed by atoms with Gasteiger partial charge in [-0.2, -0.15) is 0 Å². The molecule has 0 saturated heterocycles. The number of sulfonamides is 1. The lowest BCUT2D eigenvalue weighted by Crippen LogP contribution is -2.26. The molecule has 2 aromatic heterocycles. The van der Waals surface area contributed by atoms with Gasteiger partial charge in [0, 0.05) is 32.1 Å². The molecule has 2 aromatic rings.